The summed E-state index contributed by atoms with van der Waals surface area (Å²) >= 11 is 0. The standard InChI is InChI=1S/C16H22N2O/c1-2-4-16-12(3-1)9-14(19-16)10-17-15-6-8-18-7-5-13(15)11-18/h1-4,13-15,17H,5-11H2. The van der Waals surface area contributed by atoms with Gasteiger partial charge in [-0.1, -0.05) is 18.2 Å². The molecule has 0 aliphatic carbocycles. The fourth-order valence-corrected chi connectivity index (χ4v) is 3.87. The van der Waals surface area contributed by atoms with Crippen LogP contribution in [0, 0.1) is 5.92 Å². The van der Waals surface area contributed by atoms with Gasteiger partial charge < -0.3 is 15.0 Å². The smallest absolute Gasteiger partial charge is 0.123 e. The van der Waals surface area contributed by atoms with Crippen molar-refractivity contribution in [2.75, 3.05) is 26.2 Å². The van der Waals surface area contributed by atoms with Crippen LogP contribution < -0.4 is 10.1 Å². The molecule has 3 aliphatic rings. The van der Waals surface area contributed by atoms with Crippen molar-refractivity contribution < 1.29 is 4.74 Å². The van der Waals surface area contributed by atoms with Crippen molar-refractivity contribution in [2.24, 2.45) is 5.92 Å². The Morgan fingerprint density at radius 1 is 1.21 bits per heavy atom. The van der Waals surface area contributed by atoms with Crippen molar-refractivity contribution in [3.8, 4) is 5.75 Å². The van der Waals surface area contributed by atoms with Crippen LogP contribution >= 0.6 is 0 Å². The molecule has 3 heterocycles. The molecule has 2 bridgehead atoms. The molecule has 3 nitrogen and oxygen atoms in total. The maximum atomic E-state index is 6.00. The largest absolute Gasteiger partial charge is 0.488 e. The maximum Gasteiger partial charge on any atom is 0.123 e. The second-order valence-corrected chi connectivity index (χ2v) is 6.20. The molecule has 1 N–H and O–H groups in total. The minimum Gasteiger partial charge on any atom is -0.488 e. The van der Waals surface area contributed by atoms with Gasteiger partial charge in [-0.25, -0.2) is 0 Å². The van der Waals surface area contributed by atoms with Crippen molar-refractivity contribution in [3.05, 3.63) is 29.8 Å². The lowest BCUT2D eigenvalue weighted by Gasteiger charge is -2.31. The second-order valence-electron chi connectivity index (χ2n) is 6.20. The summed E-state index contributed by atoms with van der Waals surface area (Å²) in [6.45, 7) is 4.90. The first-order chi connectivity index (χ1) is 9.38. The summed E-state index contributed by atoms with van der Waals surface area (Å²) in [7, 11) is 0. The Kier molecular flexibility index (Phi) is 2.97. The SMILES string of the molecule is c1ccc2c(c1)CC(CNC1CCN3CCC1C3)O2. The number of piperidine rings is 1. The number of fused-ring (bicyclic) bond motifs is 3. The summed E-state index contributed by atoms with van der Waals surface area (Å²) in [6.07, 6.45) is 4.08. The van der Waals surface area contributed by atoms with Crippen LogP contribution in [0.5, 0.6) is 5.75 Å². The van der Waals surface area contributed by atoms with Gasteiger partial charge in [0.05, 0.1) is 0 Å². The molecule has 0 saturated carbocycles. The van der Waals surface area contributed by atoms with Gasteiger partial charge >= 0.3 is 0 Å². The molecule has 0 amide bonds. The summed E-state index contributed by atoms with van der Waals surface area (Å²) in [5.74, 6) is 1.96. The lowest BCUT2D eigenvalue weighted by Crippen LogP contribution is -2.46. The number of para-hydroxylation sites is 1. The minimum atomic E-state index is 0.330. The van der Waals surface area contributed by atoms with E-state index in [9.17, 15) is 0 Å². The van der Waals surface area contributed by atoms with Crippen LogP contribution in [0.25, 0.3) is 0 Å². The molecule has 2 saturated heterocycles. The zero-order valence-electron chi connectivity index (χ0n) is 11.3. The Morgan fingerprint density at radius 3 is 3.05 bits per heavy atom. The van der Waals surface area contributed by atoms with Gasteiger partial charge in [0, 0.05) is 25.6 Å². The van der Waals surface area contributed by atoms with Gasteiger partial charge in [0.1, 0.15) is 11.9 Å². The zero-order valence-corrected chi connectivity index (χ0v) is 11.3. The number of hydrogen-bond donors (Lipinski definition) is 1. The van der Waals surface area contributed by atoms with Crippen LogP contribution in [0.15, 0.2) is 24.3 Å². The highest BCUT2D eigenvalue weighted by Gasteiger charge is 2.34. The molecule has 2 fully saturated rings. The number of hydrogen-bond acceptors (Lipinski definition) is 3. The Morgan fingerprint density at radius 2 is 2.11 bits per heavy atom. The van der Waals surface area contributed by atoms with E-state index in [1.807, 2.05) is 0 Å². The first kappa shape index (κ1) is 11.7. The molecule has 4 unspecified atom stereocenters. The number of nitrogens with zero attached hydrogens (tertiary/aromatic N) is 1. The zero-order chi connectivity index (χ0) is 12.7. The monoisotopic (exact) mass is 258 g/mol. The summed E-state index contributed by atoms with van der Waals surface area (Å²) in [4.78, 5) is 2.60. The Hall–Kier alpha value is -1.06. The lowest BCUT2D eigenvalue weighted by atomic mass is 9.94. The minimum absolute atomic E-state index is 0.330. The normalized spacial score (nSPS) is 36.0. The Balaban J connectivity index is 1.32. The van der Waals surface area contributed by atoms with Gasteiger partial charge in [-0.05, 0) is 43.5 Å². The van der Waals surface area contributed by atoms with Crippen LogP contribution in [0.4, 0.5) is 0 Å². The molecule has 0 radical (unpaired) electrons. The number of benzene rings is 1. The van der Waals surface area contributed by atoms with Gasteiger partial charge in [-0.2, -0.15) is 0 Å². The third-order valence-corrected chi connectivity index (χ3v) is 4.96. The average Bonchev–Trinajstić information content (AvgIpc) is 3.02. The Labute approximate surface area is 114 Å². The summed E-state index contributed by atoms with van der Waals surface area (Å²) in [5, 5.41) is 3.77. The van der Waals surface area contributed by atoms with Crippen LogP contribution in [-0.4, -0.2) is 43.2 Å². The molecule has 4 rings (SSSR count). The predicted molar refractivity (Wildman–Crippen MR) is 75.5 cm³/mol. The first-order valence-electron chi connectivity index (χ1n) is 7.59. The molecule has 0 spiro atoms. The topological polar surface area (TPSA) is 24.5 Å². The third kappa shape index (κ3) is 2.26. The number of nitrogens with one attached hydrogen (secondary N) is 1. The highest BCUT2D eigenvalue weighted by Crippen LogP contribution is 2.29. The molecule has 0 aromatic heterocycles. The van der Waals surface area contributed by atoms with E-state index in [1.54, 1.807) is 0 Å². The molecular weight excluding hydrogens is 236 g/mol. The molecule has 3 aliphatic heterocycles. The number of ether oxygens (including phenoxy) is 1. The van der Waals surface area contributed by atoms with Gasteiger partial charge in [-0.3, -0.25) is 0 Å². The third-order valence-electron chi connectivity index (χ3n) is 4.96. The van der Waals surface area contributed by atoms with E-state index in [2.05, 4.69) is 34.5 Å². The van der Waals surface area contributed by atoms with Gasteiger partial charge in [0.25, 0.3) is 0 Å². The van der Waals surface area contributed by atoms with Gasteiger partial charge in [0.2, 0.25) is 0 Å². The van der Waals surface area contributed by atoms with Crippen molar-refractivity contribution in [2.45, 2.75) is 31.4 Å². The van der Waals surface area contributed by atoms with E-state index in [0.717, 1.165) is 24.6 Å². The average molecular weight is 258 g/mol. The van der Waals surface area contributed by atoms with Crippen LogP contribution in [0.3, 0.4) is 0 Å². The fraction of sp³-hybridized carbons (Fsp3) is 0.625. The van der Waals surface area contributed by atoms with Crippen molar-refractivity contribution in [1.29, 1.82) is 0 Å². The molecule has 3 heteroatoms. The molecule has 1 aromatic carbocycles. The molecular formula is C16H22N2O. The highest BCUT2D eigenvalue weighted by atomic mass is 16.5. The van der Waals surface area contributed by atoms with Crippen molar-refractivity contribution >= 4 is 0 Å². The molecule has 102 valence electrons. The Bertz CT molecular complexity index is 437. The maximum absolute atomic E-state index is 6.00. The van der Waals surface area contributed by atoms with E-state index in [1.165, 1.54) is 38.0 Å². The van der Waals surface area contributed by atoms with Crippen molar-refractivity contribution in [1.82, 2.24) is 10.2 Å². The van der Waals surface area contributed by atoms with Crippen LogP contribution in [0.2, 0.25) is 0 Å². The molecule has 1 aromatic rings. The predicted octanol–water partition coefficient (Wildman–Crippen LogP) is 1.67. The lowest BCUT2D eigenvalue weighted by molar-refractivity contribution is 0.185. The quantitative estimate of drug-likeness (QED) is 0.892. The second kappa shape index (κ2) is 4.80. The van der Waals surface area contributed by atoms with Crippen LogP contribution in [0.1, 0.15) is 18.4 Å². The summed E-state index contributed by atoms with van der Waals surface area (Å²) in [6, 6.07) is 9.15. The van der Waals surface area contributed by atoms with Gasteiger partial charge in [0.15, 0.2) is 0 Å². The fourth-order valence-electron chi connectivity index (χ4n) is 3.87. The van der Waals surface area contributed by atoms with E-state index in [4.69, 9.17) is 4.74 Å². The van der Waals surface area contributed by atoms with E-state index >= 15 is 0 Å². The number of rotatable bonds is 3. The van der Waals surface area contributed by atoms with Crippen molar-refractivity contribution in [3.63, 3.8) is 0 Å². The van der Waals surface area contributed by atoms with E-state index in [0.29, 0.717) is 12.1 Å². The first-order valence-corrected chi connectivity index (χ1v) is 7.59. The molecule has 19 heavy (non-hydrogen) atoms. The van der Waals surface area contributed by atoms with E-state index in [-0.39, 0.29) is 0 Å². The highest BCUT2D eigenvalue weighted by molar-refractivity contribution is 5.37. The summed E-state index contributed by atoms with van der Waals surface area (Å²) in [5.41, 5.74) is 1.37. The van der Waals surface area contributed by atoms with E-state index < -0.39 is 0 Å². The van der Waals surface area contributed by atoms with Gasteiger partial charge in [-0.15, -0.1) is 0 Å². The summed E-state index contributed by atoms with van der Waals surface area (Å²) < 4.78 is 6.00. The molecule has 4 atom stereocenters. The van der Waals surface area contributed by atoms with Crippen LogP contribution in [-0.2, 0) is 6.42 Å².